The van der Waals surface area contributed by atoms with E-state index in [-0.39, 0.29) is 6.10 Å². The number of halogens is 2. The first-order chi connectivity index (χ1) is 6.92. The van der Waals surface area contributed by atoms with Crippen LogP contribution in [0.15, 0.2) is 0 Å². The topological polar surface area (TPSA) is 29.5 Å². The van der Waals surface area contributed by atoms with Gasteiger partial charge in [0.05, 0.1) is 12.5 Å². The highest BCUT2D eigenvalue weighted by molar-refractivity contribution is 5.77. The summed E-state index contributed by atoms with van der Waals surface area (Å²) in [5.74, 6) is -3.40. The van der Waals surface area contributed by atoms with E-state index in [1.807, 2.05) is 0 Å². The summed E-state index contributed by atoms with van der Waals surface area (Å²) in [5.41, 5.74) is 0. The lowest BCUT2D eigenvalue weighted by molar-refractivity contribution is -0.141. The minimum Gasteiger partial charge on any atom is -0.380 e. The fourth-order valence-electron chi connectivity index (χ4n) is 1.73. The average molecular weight is 221 g/mol. The van der Waals surface area contributed by atoms with Gasteiger partial charge in [0.15, 0.2) is 0 Å². The van der Waals surface area contributed by atoms with Crippen LogP contribution in [-0.2, 0) is 9.53 Å². The van der Waals surface area contributed by atoms with Gasteiger partial charge < -0.3 is 9.64 Å². The minimum absolute atomic E-state index is 0.00632. The number of piperidine rings is 1. The normalized spacial score (nSPS) is 22.9. The van der Waals surface area contributed by atoms with E-state index in [0.717, 1.165) is 19.8 Å². The third-order valence-corrected chi connectivity index (χ3v) is 2.53. The molecule has 0 saturated carbocycles. The number of hydrogen-bond acceptors (Lipinski definition) is 2. The number of nitrogens with zero attached hydrogens (tertiary/aromatic N) is 1. The van der Waals surface area contributed by atoms with Crippen LogP contribution in [0.3, 0.4) is 0 Å². The second-order valence-corrected chi connectivity index (χ2v) is 4.09. The highest BCUT2D eigenvalue weighted by Crippen LogP contribution is 2.20. The fraction of sp³-hybridized carbons (Fsp3) is 0.900. The Morgan fingerprint density at radius 1 is 1.60 bits per heavy atom. The van der Waals surface area contributed by atoms with Gasteiger partial charge in [-0.1, -0.05) is 0 Å². The summed E-state index contributed by atoms with van der Waals surface area (Å²) in [6, 6.07) is 0. The van der Waals surface area contributed by atoms with Crippen molar-refractivity contribution in [1.29, 1.82) is 0 Å². The molecule has 0 bridgehead atoms. The van der Waals surface area contributed by atoms with Gasteiger partial charge in [-0.3, -0.25) is 4.79 Å². The molecule has 0 radical (unpaired) electrons. The molecule has 0 aliphatic carbocycles. The fourth-order valence-corrected chi connectivity index (χ4v) is 1.73. The van der Waals surface area contributed by atoms with Crippen LogP contribution >= 0.6 is 0 Å². The predicted octanol–water partition coefficient (Wildman–Crippen LogP) is 1.67. The largest absolute Gasteiger partial charge is 0.380 e. The summed E-state index contributed by atoms with van der Waals surface area (Å²) in [7, 11) is 1.58. The van der Waals surface area contributed by atoms with Gasteiger partial charge in [-0.15, -0.1) is 0 Å². The van der Waals surface area contributed by atoms with E-state index in [4.69, 9.17) is 4.74 Å². The highest BCUT2D eigenvalue weighted by Gasteiger charge is 2.30. The molecule has 15 heavy (non-hydrogen) atoms. The third kappa shape index (κ3) is 4.11. The molecule has 1 rings (SSSR count). The molecule has 0 aromatic carbocycles. The summed E-state index contributed by atoms with van der Waals surface area (Å²) in [6.45, 7) is 1.77. The Hall–Kier alpha value is -0.710. The molecule has 1 saturated heterocycles. The number of carbonyl (C=O) groups is 1. The third-order valence-electron chi connectivity index (χ3n) is 2.53. The lowest BCUT2D eigenvalue weighted by atomic mass is 10.1. The van der Waals surface area contributed by atoms with Crippen molar-refractivity contribution in [1.82, 2.24) is 4.90 Å². The van der Waals surface area contributed by atoms with Crippen molar-refractivity contribution >= 4 is 5.91 Å². The van der Waals surface area contributed by atoms with Crippen molar-refractivity contribution < 1.29 is 18.3 Å². The van der Waals surface area contributed by atoms with Gasteiger partial charge in [-0.05, 0) is 19.8 Å². The Labute approximate surface area is 88.4 Å². The Balaban J connectivity index is 2.45. The number of likely N-dealkylation sites (tertiary alicyclic amines) is 1. The maximum atomic E-state index is 12.6. The van der Waals surface area contributed by atoms with Crippen LogP contribution in [0, 0.1) is 0 Å². The standard InChI is InChI=1S/C10H17F2NO2/c1-10(11,12)6-9(14)13-5-3-4-8(7-13)15-2/h8H,3-7H2,1-2H3. The van der Waals surface area contributed by atoms with Crippen LogP contribution in [0.5, 0.6) is 0 Å². The monoisotopic (exact) mass is 221 g/mol. The van der Waals surface area contributed by atoms with Crippen LogP contribution < -0.4 is 0 Å². The van der Waals surface area contributed by atoms with E-state index >= 15 is 0 Å². The molecule has 5 heteroatoms. The molecule has 1 heterocycles. The zero-order chi connectivity index (χ0) is 11.5. The van der Waals surface area contributed by atoms with Gasteiger partial charge in [-0.25, -0.2) is 8.78 Å². The smallest absolute Gasteiger partial charge is 0.254 e. The number of carbonyl (C=O) groups excluding carboxylic acids is 1. The van der Waals surface area contributed by atoms with E-state index in [2.05, 4.69) is 0 Å². The Morgan fingerprint density at radius 3 is 2.80 bits per heavy atom. The molecule has 0 spiro atoms. The second kappa shape index (κ2) is 4.88. The predicted molar refractivity (Wildman–Crippen MR) is 51.8 cm³/mol. The highest BCUT2D eigenvalue weighted by atomic mass is 19.3. The molecule has 1 aliphatic heterocycles. The van der Waals surface area contributed by atoms with E-state index < -0.39 is 18.3 Å². The number of hydrogen-bond donors (Lipinski definition) is 0. The number of ether oxygens (including phenoxy) is 1. The van der Waals surface area contributed by atoms with Crippen molar-refractivity contribution in [3.63, 3.8) is 0 Å². The molecule has 3 nitrogen and oxygen atoms in total. The Kier molecular flexibility index (Phi) is 4.02. The van der Waals surface area contributed by atoms with Crippen LogP contribution in [0.2, 0.25) is 0 Å². The van der Waals surface area contributed by atoms with Crippen LogP contribution in [0.25, 0.3) is 0 Å². The number of rotatable bonds is 3. The van der Waals surface area contributed by atoms with Gasteiger partial charge >= 0.3 is 0 Å². The molecular formula is C10H17F2NO2. The van der Waals surface area contributed by atoms with Crippen molar-refractivity contribution in [3.8, 4) is 0 Å². The molecule has 1 fully saturated rings. The Bertz CT molecular complexity index is 228. The molecular weight excluding hydrogens is 204 g/mol. The summed E-state index contributed by atoms with van der Waals surface area (Å²) in [4.78, 5) is 12.9. The maximum absolute atomic E-state index is 12.6. The summed E-state index contributed by atoms with van der Waals surface area (Å²) < 4.78 is 30.4. The van der Waals surface area contributed by atoms with E-state index in [1.54, 1.807) is 7.11 Å². The molecule has 0 aromatic rings. The Morgan fingerprint density at radius 2 is 2.27 bits per heavy atom. The lowest BCUT2D eigenvalue weighted by Crippen LogP contribution is -2.44. The second-order valence-electron chi connectivity index (χ2n) is 4.09. The van der Waals surface area contributed by atoms with Crippen LogP contribution in [0.4, 0.5) is 8.78 Å². The van der Waals surface area contributed by atoms with Crippen molar-refractivity contribution in [2.24, 2.45) is 0 Å². The number of methoxy groups -OCH3 is 1. The van der Waals surface area contributed by atoms with Gasteiger partial charge in [0.2, 0.25) is 5.91 Å². The lowest BCUT2D eigenvalue weighted by Gasteiger charge is -2.32. The summed E-state index contributed by atoms with van der Waals surface area (Å²) >= 11 is 0. The van der Waals surface area contributed by atoms with E-state index in [0.29, 0.717) is 13.1 Å². The van der Waals surface area contributed by atoms with Crippen molar-refractivity contribution in [2.75, 3.05) is 20.2 Å². The van der Waals surface area contributed by atoms with Gasteiger partial charge in [0.25, 0.3) is 5.92 Å². The SMILES string of the molecule is COC1CCCN(C(=O)CC(C)(F)F)C1. The maximum Gasteiger partial charge on any atom is 0.254 e. The van der Waals surface area contributed by atoms with E-state index in [1.165, 1.54) is 4.90 Å². The number of amides is 1. The zero-order valence-corrected chi connectivity index (χ0v) is 9.13. The molecule has 0 N–H and O–H groups in total. The summed E-state index contributed by atoms with van der Waals surface area (Å²) in [6.07, 6.45) is 0.999. The summed E-state index contributed by atoms with van der Waals surface area (Å²) in [5, 5.41) is 0. The first-order valence-electron chi connectivity index (χ1n) is 5.11. The van der Waals surface area contributed by atoms with Gasteiger partial charge in [0.1, 0.15) is 0 Å². The number of alkyl halides is 2. The first-order valence-corrected chi connectivity index (χ1v) is 5.11. The van der Waals surface area contributed by atoms with Crippen molar-refractivity contribution in [2.45, 2.75) is 38.2 Å². The van der Waals surface area contributed by atoms with Gasteiger partial charge in [-0.2, -0.15) is 0 Å². The molecule has 1 amide bonds. The molecule has 1 atom stereocenters. The van der Waals surface area contributed by atoms with Crippen LogP contribution in [0.1, 0.15) is 26.2 Å². The van der Waals surface area contributed by atoms with E-state index in [9.17, 15) is 13.6 Å². The van der Waals surface area contributed by atoms with Gasteiger partial charge in [0, 0.05) is 20.2 Å². The van der Waals surface area contributed by atoms with Crippen molar-refractivity contribution in [3.05, 3.63) is 0 Å². The molecule has 1 unspecified atom stereocenters. The van der Waals surface area contributed by atoms with Crippen LogP contribution in [-0.4, -0.2) is 43.0 Å². The minimum atomic E-state index is -2.92. The first kappa shape index (κ1) is 12.4. The quantitative estimate of drug-likeness (QED) is 0.725. The molecule has 0 aromatic heterocycles. The molecule has 88 valence electrons. The average Bonchev–Trinajstić information content (AvgIpc) is 2.15. The zero-order valence-electron chi connectivity index (χ0n) is 9.13. The molecule has 1 aliphatic rings.